The summed E-state index contributed by atoms with van der Waals surface area (Å²) in [6.07, 6.45) is 1.74. The van der Waals surface area contributed by atoms with E-state index in [2.05, 4.69) is 11.1 Å². The monoisotopic (exact) mass is 434 g/mol. The van der Waals surface area contributed by atoms with Gasteiger partial charge in [0.25, 0.3) is 11.5 Å². The zero-order valence-corrected chi connectivity index (χ0v) is 17.9. The number of thiazole rings is 1. The zero-order chi connectivity index (χ0) is 21.5. The lowest BCUT2D eigenvalue weighted by Gasteiger charge is -2.31. The van der Waals surface area contributed by atoms with Crippen molar-refractivity contribution in [3.05, 3.63) is 73.9 Å². The maximum absolute atomic E-state index is 13.1. The third-order valence-electron chi connectivity index (χ3n) is 5.99. The fraction of sp³-hybridized carbons (Fsp3) is 0.304. The van der Waals surface area contributed by atoms with Gasteiger partial charge in [-0.2, -0.15) is 0 Å². The molecule has 1 amide bonds. The molecule has 0 atom stereocenters. The first-order valence-corrected chi connectivity index (χ1v) is 11.3. The predicted molar refractivity (Wildman–Crippen MR) is 122 cm³/mol. The molecule has 7 nitrogen and oxygen atoms in total. The second-order valence-corrected chi connectivity index (χ2v) is 8.89. The summed E-state index contributed by atoms with van der Waals surface area (Å²) in [7, 11) is 0. The van der Waals surface area contributed by atoms with Crippen molar-refractivity contribution in [1.82, 2.24) is 19.4 Å². The number of carbonyl (C=O) groups is 1. The van der Waals surface area contributed by atoms with Crippen molar-refractivity contribution in [2.75, 3.05) is 13.1 Å². The molecule has 5 rings (SSSR count). The second kappa shape index (κ2) is 7.77. The highest BCUT2D eigenvalue weighted by molar-refractivity contribution is 7.18. The van der Waals surface area contributed by atoms with Crippen molar-refractivity contribution in [3.8, 4) is 0 Å². The third kappa shape index (κ3) is 3.46. The fourth-order valence-corrected chi connectivity index (χ4v) is 5.39. The number of benzene rings is 2. The van der Waals surface area contributed by atoms with Crippen LogP contribution in [0.5, 0.6) is 0 Å². The van der Waals surface area contributed by atoms with Gasteiger partial charge in [-0.25, -0.2) is 9.78 Å². The van der Waals surface area contributed by atoms with Gasteiger partial charge in [0.15, 0.2) is 0 Å². The molecular weight excluding hydrogens is 412 g/mol. The van der Waals surface area contributed by atoms with Gasteiger partial charge in [-0.05, 0) is 50.1 Å². The number of H-pyrrole nitrogens is 1. The second-order valence-electron chi connectivity index (χ2n) is 7.83. The summed E-state index contributed by atoms with van der Waals surface area (Å²) >= 11 is 1.74. The van der Waals surface area contributed by atoms with Crippen molar-refractivity contribution >= 4 is 38.4 Å². The van der Waals surface area contributed by atoms with Gasteiger partial charge in [0.1, 0.15) is 0 Å². The van der Waals surface area contributed by atoms with Gasteiger partial charge in [0.05, 0.1) is 26.1 Å². The van der Waals surface area contributed by atoms with Crippen molar-refractivity contribution in [1.29, 1.82) is 0 Å². The van der Waals surface area contributed by atoms with Crippen molar-refractivity contribution in [2.24, 2.45) is 0 Å². The van der Waals surface area contributed by atoms with Crippen LogP contribution >= 0.6 is 11.3 Å². The van der Waals surface area contributed by atoms with Crippen LogP contribution in [0.4, 0.5) is 0 Å². The molecule has 1 aliphatic rings. The highest BCUT2D eigenvalue weighted by Crippen LogP contribution is 2.34. The summed E-state index contributed by atoms with van der Waals surface area (Å²) in [5.74, 6) is 0.284. The molecule has 0 spiro atoms. The lowest BCUT2D eigenvalue weighted by Crippen LogP contribution is -2.38. The molecular formula is C23H22N4O3S. The van der Waals surface area contributed by atoms with Gasteiger partial charge >= 0.3 is 5.69 Å². The number of para-hydroxylation sites is 1. The highest BCUT2D eigenvalue weighted by atomic mass is 32.1. The Morgan fingerprint density at radius 1 is 1.16 bits per heavy atom. The van der Waals surface area contributed by atoms with Crippen LogP contribution in [0.2, 0.25) is 0 Å². The minimum absolute atomic E-state index is 0.0785. The summed E-state index contributed by atoms with van der Waals surface area (Å²) in [6, 6.07) is 13.1. The quantitative estimate of drug-likeness (QED) is 0.536. The number of amides is 1. The number of hydrogen-bond acceptors (Lipinski definition) is 5. The molecule has 1 aliphatic heterocycles. The molecule has 2 aromatic carbocycles. The average Bonchev–Trinajstić information content (AvgIpc) is 3.23. The average molecular weight is 435 g/mol. The summed E-state index contributed by atoms with van der Waals surface area (Å²) in [5.41, 5.74) is 1.12. The van der Waals surface area contributed by atoms with Gasteiger partial charge in [0, 0.05) is 31.1 Å². The van der Waals surface area contributed by atoms with E-state index in [1.807, 2.05) is 23.1 Å². The van der Waals surface area contributed by atoms with E-state index in [0.29, 0.717) is 42.0 Å². The molecule has 0 radical (unpaired) electrons. The molecule has 158 valence electrons. The lowest BCUT2D eigenvalue weighted by molar-refractivity contribution is 0.0713. The minimum atomic E-state index is -0.457. The van der Waals surface area contributed by atoms with Crippen LogP contribution in [0.3, 0.4) is 0 Å². The molecule has 1 N–H and O–H groups in total. The Hall–Kier alpha value is -3.26. The first-order chi connectivity index (χ1) is 15.0. The van der Waals surface area contributed by atoms with E-state index in [-0.39, 0.29) is 11.5 Å². The zero-order valence-electron chi connectivity index (χ0n) is 17.1. The molecule has 31 heavy (non-hydrogen) atoms. The molecule has 2 aromatic heterocycles. The molecule has 8 heteroatoms. The number of rotatable bonds is 3. The Bertz CT molecular complexity index is 1380. The largest absolute Gasteiger partial charge is 0.339 e. The maximum Gasteiger partial charge on any atom is 0.328 e. The van der Waals surface area contributed by atoms with Crippen molar-refractivity contribution in [2.45, 2.75) is 32.2 Å². The van der Waals surface area contributed by atoms with Crippen molar-refractivity contribution < 1.29 is 4.79 Å². The van der Waals surface area contributed by atoms with E-state index < -0.39 is 5.69 Å². The first-order valence-electron chi connectivity index (χ1n) is 10.5. The Balaban J connectivity index is 1.34. The summed E-state index contributed by atoms with van der Waals surface area (Å²) in [5, 5.41) is 1.55. The van der Waals surface area contributed by atoms with Crippen LogP contribution in [0, 0.1) is 0 Å². The summed E-state index contributed by atoms with van der Waals surface area (Å²) < 4.78 is 2.35. The third-order valence-corrected chi connectivity index (χ3v) is 7.19. The Morgan fingerprint density at radius 3 is 2.68 bits per heavy atom. The van der Waals surface area contributed by atoms with E-state index >= 15 is 0 Å². The molecule has 0 saturated carbocycles. The minimum Gasteiger partial charge on any atom is -0.339 e. The number of aromatic amines is 1. The van der Waals surface area contributed by atoms with Crippen LogP contribution in [0.15, 0.2) is 52.1 Å². The van der Waals surface area contributed by atoms with E-state index in [0.717, 1.165) is 27.9 Å². The Morgan fingerprint density at radius 2 is 1.94 bits per heavy atom. The molecule has 0 aliphatic carbocycles. The van der Waals surface area contributed by atoms with Crippen LogP contribution in [-0.4, -0.2) is 38.4 Å². The Labute approximate surface area is 182 Å². The predicted octanol–water partition coefficient (Wildman–Crippen LogP) is 3.34. The van der Waals surface area contributed by atoms with Gasteiger partial charge < -0.3 is 9.88 Å². The van der Waals surface area contributed by atoms with Crippen LogP contribution in [-0.2, 0) is 6.54 Å². The number of likely N-dealkylation sites (tertiary alicyclic amines) is 1. The topological polar surface area (TPSA) is 88.1 Å². The number of carbonyl (C=O) groups excluding carboxylic acids is 1. The molecule has 0 unspecified atom stereocenters. The van der Waals surface area contributed by atoms with E-state index in [1.165, 1.54) is 4.70 Å². The smallest absolute Gasteiger partial charge is 0.328 e. The fourth-order valence-electron chi connectivity index (χ4n) is 4.25. The van der Waals surface area contributed by atoms with Gasteiger partial charge in [-0.15, -0.1) is 11.3 Å². The summed E-state index contributed by atoms with van der Waals surface area (Å²) in [4.78, 5) is 47.0. The van der Waals surface area contributed by atoms with Crippen molar-refractivity contribution in [3.63, 3.8) is 0 Å². The number of nitrogens with zero attached hydrogens (tertiary/aromatic N) is 3. The van der Waals surface area contributed by atoms with E-state index in [4.69, 9.17) is 4.98 Å². The lowest BCUT2D eigenvalue weighted by atomic mass is 9.97. The van der Waals surface area contributed by atoms with Gasteiger partial charge in [0.2, 0.25) is 0 Å². The molecule has 0 bridgehead atoms. The van der Waals surface area contributed by atoms with E-state index in [1.54, 1.807) is 36.5 Å². The standard InChI is InChI=1S/C23H22N4O3S/c1-2-27-22(29)16-8-7-15(13-18(16)25-23(27)30)21(28)26-11-9-14(10-12-26)20-24-17-5-3-4-6-19(17)31-20/h3-8,13-14H,2,9-12H2,1H3,(H,25,30). The number of aromatic nitrogens is 3. The van der Waals surface area contributed by atoms with Gasteiger partial charge in [-0.1, -0.05) is 12.1 Å². The first kappa shape index (κ1) is 19.7. The maximum atomic E-state index is 13.1. The number of piperidine rings is 1. The number of nitrogens with one attached hydrogen (secondary N) is 1. The number of fused-ring (bicyclic) bond motifs is 2. The van der Waals surface area contributed by atoms with Crippen LogP contribution < -0.4 is 11.2 Å². The molecule has 1 fully saturated rings. The SMILES string of the molecule is CCn1c(=O)[nH]c2cc(C(=O)N3CCC(c4nc5ccccc5s4)CC3)ccc2c1=O. The molecule has 1 saturated heterocycles. The Kier molecular flexibility index (Phi) is 4.94. The normalized spacial score (nSPS) is 15.1. The molecule has 4 aromatic rings. The summed E-state index contributed by atoms with van der Waals surface area (Å²) in [6.45, 7) is 3.36. The van der Waals surface area contributed by atoms with E-state index in [9.17, 15) is 14.4 Å². The van der Waals surface area contributed by atoms with Crippen LogP contribution in [0.25, 0.3) is 21.1 Å². The van der Waals surface area contributed by atoms with Crippen LogP contribution in [0.1, 0.15) is 41.0 Å². The highest BCUT2D eigenvalue weighted by Gasteiger charge is 2.26. The molecule has 3 heterocycles. The number of hydrogen-bond donors (Lipinski definition) is 1. The van der Waals surface area contributed by atoms with Gasteiger partial charge in [-0.3, -0.25) is 14.2 Å².